The number of anilines is 1. The van der Waals surface area contributed by atoms with Crippen LogP contribution in [0, 0.1) is 0 Å². The number of rotatable bonds is 6. The Labute approximate surface area is 133 Å². The Morgan fingerprint density at radius 3 is 2.37 bits per heavy atom. The van der Waals surface area contributed by atoms with Crippen molar-refractivity contribution in [2.24, 2.45) is 0 Å². The van der Waals surface area contributed by atoms with Gasteiger partial charge < -0.3 is 15.2 Å². The average molecular weight is 275 g/mol. The Balaban J connectivity index is 0.00000324. The van der Waals surface area contributed by atoms with Crippen molar-refractivity contribution in [3.05, 3.63) is 29.8 Å². The number of carboxylic acids is 1. The summed E-state index contributed by atoms with van der Waals surface area (Å²) in [5.74, 6) is -2.00. The molecule has 0 saturated heterocycles. The zero-order chi connectivity index (χ0) is 13.5. The molecule has 0 bridgehead atoms. The second-order valence-electron chi connectivity index (χ2n) is 3.96. The van der Waals surface area contributed by atoms with E-state index in [1.165, 1.54) is 24.3 Å². The summed E-state index contributed by atoms with van der Waals surface area (Å²) >= 11 is 0. The summed E-state index contributed by atoms with van der Waals surface area (Å²) in [6.07, 6.45) is 0.136. The first-order chi connectivity index (χ1) is 8.54. The maximum absolute atomic E-state index is 13.4. The molecule has 1 unspecified atom stereocenters. The molecular formula is C13H15FNNaO3. The summed E-state index contributed by atoms with van der Waals surface area (Å²) in [5.41, 5.74) is 0.375. The third-order valence-corrected chi connectivity index (χ3v) is 2.48. The minimum absolute atomic E-state index is 0. The van der Waals surface area contributed by atoms with Crippen molar-refractivity contribution in [2.75, 3.05) is 5.32 Å². The normalized spacial score (nSPS) is 11.3. The number of carbonyl (C=O) groups excluding carboxylic acids is 2. The first-order valence-corrected chi connectivity index (χ1v) is 5.81. The van der Waals surface area contributed by atoms with Crippen LogP contribution in [-0.2, 0) is 4.79 Å². The average Bonchev–Trinajstić information content (AvgIpc) is 2.36. The number of hydrogen-bond donors (Lipinski definition) is 1. The number of unbranched alkanes of at least 4 members (excludes halogenated alkanes) is 1. The van der Waals surface area contributed by atoms with Crippen molar-refractivity contribution in [3.8, 4) is 0 Å². The van der Waals surface area contributed by atoms with E-state index in [9.17, 15) is 19.1 Å². The van der Waals surface area contributed by atoms with Gasteiger partial charge in [0.05, 0.1) is 5.97 Å². The molecule has 0 aromatic heterocycles. The molecule has 19 heavy (non-hydrogen) atoms. The van der Waals surface area contributed by atoms with Crippen LogP contribution in [0.15, 0.2) is 24.3 Å². The Bertz CT molecular complexity index is 422. The van der Waals surface area contributed by atoms with E-state index < -0.39 is 18.0 Å². The molecule has 1 rings (SSSR count). The number of nitrogens with one attached hydrogen (secondary N) is 1. The predicted molar refractivity (Wildman–Crippen MR) is 63.8 cm³/mol. The molecule has 1 aromatic rings. The minimum atomic E-state index is -1.54. The number of carbonyl (C=O) groups is 2. The van der Waals surface area contributed by atoms with Crippen molar-refractivity contribution in [1.29, 1.82) is 0 Å². The third-order valence-electron chi connectivity index (χ3n) is 2.48. The van der Waals surface area contributed by atoms with Crippen molar-refractivity contribution >= 4 is 17.6 Å². The van der Waals surface area contributed by atoms with Gasteiger partial charge in [-0.1, -0.05) is 31.9 Å². The number of aromatic carboxylic acids is 1. The molecule has 6 heteroatoms. The Hall–Kier alpha value is -0.910. The van der Waals surface area contributed by atoms with E-state index in [4.69, 9.17) is 0 Å². The monoisotopic (exact) mass is 275 g/mol. The molecule has 0 aliphatic heterocycles. The van der Waals surface area contributed by atoms with Crippen LogP contribution in [0.25, 0.3) is 0 Å². The van der Waals surface area contributed by atoms with Crippen molar-refractivity contribution in [1.82, 2.24) is 0 Å². The van der Waals surface area contributed by atoms with Gasteiger partial charge in [-0.05, 0) is 24.1 Å². The van der Waals surface area contributed by atoms with Gasteiger partial charge in [0.1, 0.15) is 0 Å². The first-order valence-electron chi connectivity index (χ1n) is 5.81. The van der Waals surface area contributed by atoms with E-state index >= 15 is 0 Å². The summed E-state index contributed by atoms with van der Waals surface area (Å²) < 4.78 is 13.4. The number of hydrogen-bond acceptors (Lipinski definition) is 3. The molecule has 98 valence electrons. The molecule has 4 nitrogen and oxygen atoms in total. The molecule has 1 amide bonds. The first kappa shape index (κ1) is 18.1. The molecule has 0 heterocycles. The maximum atomic E-state index is 13.4. The fourth-order valence-corrected chi connectivity index (χ4v) is 1.42. The summed E-state index contributed by atoms with van der Waals surface area (Å²) in [7, 11) is 0. The number of benzene rings is 1. The van der Waals surface area contributed by atoms with E-state index in [2.05, 4.69) is 5.32 Å². The van der Waals surface area contributed by atoms with Crippen LogP contribution in [0.5, 0.6) is 0 Å². The van der Waals surface area contributed by atoms with E-state index in [-0.39, 0.29) is 41.5 Å². The SMILES string of the molecule is CCCCC(F)C(=O)Nc1ccc(C(=O)[O-])cc1.[Na+]. The molecule has 0 spiro atoms. The van der Waals surface area contributed by atoms with Gasteiger partial charge in [-0.2, -0.15) is 0 Å². The van der Waals surface area contributed by atoms with Gasteiger partial charge in [0, 0.05) is 5.69 Å². The molecule has 0 aliphatic carbocycles. The van der Waals surface area contributed by atoms with Gasteiger partial charge in [0.15, 0.2) is 6.17 Å². The second kappa shape index (κ2) is 9.07. The van der Waals surface area contributed by atoms with Gasteiger partial charge in [-0.15, -0.1) is 0 Å². The van der Waals surface area contributed by atoms with Gasteiger partial charge in [-0.25, -0.2) is 4.39 Å². The number of amides is 1. The molecule has 1 N–H and O–H groups in total. The Morgan fingerprint density at radius 1 is 1.32 bits per heavy atom. The third kappa shape index (κ3) is 6.18. The fourth-order valence-electron chi connectivity index (χ4n) is 1.42. The number of carboxylic acid groups (broad SMARTS) is 1. The molecule has 0 radical (unpaired) electrons. The molecule has 0 aliphatic rings. The summed E-state index contributed by atoms with van der Waals surface area (Å²) in [5, 5.41) is 12.9. The van der Waals surface area contributed by atoms with Gasteiger partial charge >= 0.3 is 29.6 Å². The summed E-state index contributed by atoms with van der Waals surface area (Å²) in [6.45, 7) is 1.92. The zero-order valence-electron chi connectivity index (χ0n) is 11.1. The largest absolute Gasteiger partial charge is 1.00 e. The van der Waals surface area contributed by atoms with E-state index in [0.717, 1.165) is 6.42 Å². The molecule has 0 fully saturated rings. The molecule has 1 atom stereocenters. The van der Waals surface area contributed by atoms with Crippen LogP contribution in [0.2, 0.25) is 0 Å². The van der Waals surface area contributed by atoms with Gasteiger partial charge in [0.2, 0.25) is 0 Å². The van der Waals surface area contributed by atoms with Gasteiger partial charge in [0.25, 0.3) is 5.91 Å². The maximum Gasteiger partial charge on any atom is 1.00 e. The van der Waals surface area contributed by atoms with Gasteiger partial charge in [-0.3, -0.25) is 4.79 Å². The van der Waals surface area contributed by atoms with Crippen LogP contribution in [0.3, 0.4) is 0 Å². The summed E-state index contributed by atoms with van der Waals surface area (Å²) in [6, 6.07) is 5.39. The van der Waals surface area contributed by atoms with E-state index in [1.54, 1.807) is 0 Å². The van der Waals surface area contributed by atoms with Crippen LogP contribution in [0.1, 0.15) is 36.5 Å². The topological polar surface area (TPSA) is 69.2 Å². The molecule has 0 saturated carbocycles. The predicted octanol–water partition coefficient (Wildman–Crippen LogP) is -1.48. The van der Waals surface area contributed by atoms with E-state index in [1.807, 2.05) is 6.92 Å². The van der Waals surface area contributed by atoms with Crippen molar-refractivity contribution in [3.63, 3.8) is 0 Å². The molecular weight excluding hydrogens is 260 g/mol. The standard InChI is InChI=1S/C13H16FNO3.Na/c1-2-3-4-11(14)12(16)15-10-7-5-9(6-8-10)13(17)18;/h5-8,11H,2-4H2,1H3,(H,15,16)(H,17,18);/q;+1/p-1. The van der Waals surface area contributed by atoms with Crippen LogP contribution in [0.4, 0.5) is 10.1 Å². The van der Waals surface area contributed by atoms with Crippen molar-refractivity contribution in [2.45, 2.75) is 32.4 Å². The van der Waals surface area contributed by atoms with E-state index in [0.29, 0.717) is 12.1 Å². The van der Waals surface area contributed by atoms with Crippen LogP contribution < -0.4 is 40.0 Å². The second-order valence-corrected chi connectivity index (χ2v) is 3.96. The number of halogens is 1. The Morgan fingerprint density at radius 2 is 1.89 bits per heavy atom. The van der Waals surface area contributed by atoms with Crippen LogP contribution in [-0.4, -0.2) is 18.0 Å². The zero-order valence-corrected chi connectivity index (χ0v) is 13.1. The molecule has 1 aromatic carbocycles. The number of alkyl halides is 1. The fraction of sp³-hybridized carbons (Fsp3) is 0.385. The summed E-state index contributed by atoms with van der Waals surface area (Å²) in [4.78, 5) is 21.9. The smallest absolute Gasteiger partial charge is 0.545 e. The van der Waals surface area contributed by atoms with Crippen LogP contribution >= 0.6 is 0 Å². The quantitative estimate of drug-likeness (QED) is 0.644. The minimum Gasteiger partial charge on any atom is -0.545 e. The Kier molecular flexibility index (Phi) is 8.63. The van der Waals surface area contributed by atoms with Crippen molar-refractivity contribution < 1.29 is 48.6 Å².